The third-order valence-corrected chi connectivity index (χ3v) is 3.83. The minimum Gasteiger partial charge on any atom is -0.461 e. The monoisotopic (exact) mass is 310 g/mol. The predicted octanol–water partition coefficient (Wildman–Crippen LogP) is 4.33. The lowest BCUT2D eigenvalue weighted by atomic mass is 10.2. The summed E-state index contributed by atoms with van der Waals surface area (Å²) in [5.41, 5.74) is 2.20. The quantitative estimate of drug-likeness (QED) is 0.854. The molecule has 4 nitrogen and oxygen atoms in total. The fraction of sp³-hybridized carbons (Fsp3) is 0.286. The minimum atomic E-state index is -0.399. The lowest BCUT2D eigenvalue weighted by molar-refractivity contribution is 0.0519. The number of hydrogen-bond donors (Lipinski definition) is 1. The van der Waals surface area contributed by atoms with Crippen LogP contribution in [-0.4, -0.2) is 17.6 Å². The van der Waals surface area contributed by atoms with Crippen molar-refractivity contribution >= 4 is 39.7 Å². The number of rotatable bonds is 4. The van der Waals surface area contributed by atoms with Crippen LogP contribution in [0.4, 0.5) is 10.8 Å². The maximum Gasteiger partial charge on any atom is 0.358 e. The van der Waals surface area contributed by atoms with E-state index in [1.54, 1.807) is 6.92 Å². The number of esters is 1. The minimum absolute atomic E-state index is 0.336. The zero-order valence-electron chi connectivity index (χ0n) is 11.5. The summed E-state index contributed by atoms with van der Waals surface area (Å²) in [6.07, 6.45) is 0. The number of aryl methyl sites for hydroxylation is 2. The van der Waals surface area contributed by atoms with Crippen molar-refractivity contribution in [3.8, 4) is 0 Å². The molecule has 0 unspecified atom stereocenters. The topological polar surface area (TPSA) is 51.2 Å². The second-order valence-electron chi connectivity index (χ2n) is 4.25. The molecular weight excluding hydrogens is 296 g/mol. The van der Waals surface area contributed by atoms with Gasteiger partial charge in [0.15, 0.2) is 10.8 Å². The molecule has 0 saturated carbocycles. The van der Waals surface area contributed by atoms with Gasteiger partial charge in [-0.15, -0.1) is 11.3 Å². The van der Waals surface area contributed by atoms with E-state index in [-0.39, 0.29) is 0 Å². The van der Waals surface area contributed by atoms with Gasteiger partial charge in [0.1, 0.15) is 0 Å². The molecule has 1 aromatic carbocycles. The zero-order valence-corrected chi connectivity index (χ0v) is 13.1. The Labute approximate surface area is 126 Å². The van der Waals surface area contributed by atoms with Crippen molar-refractivity contribution in [3.63, 3.8) is 0 Å². The first-order valence-corrected chi connectivity index (χ1v) is 7.38. The van der Waals surface area contributed by atoms with Gasteiger partial charge in [0.2, 0.25) is 0 Å². The SMILES string of the molecule is CCOC(=O)c1nc(Nc2ccc(C)cc2Cl)sc1C. The second kappa shape index (κ2) is 6.24. The third kappa shape index (κ3) is 3.29. The highest BCUT2D eigenvalue weighted by Gasteiger charge is 2.16. The van der Waals surface area contributed by atoms with Crippen molar-refractivity contribution in [3.05, 3.63) is 39.4 Å². The van der Waals surface area contributed by atoms with Crippen LogP contribution < -0.4 is 5.32 Å². The Balaban J connectivity index is 2.22. The first kappa shape index (κ1) is 14.8. The van der Waals surface area contributed by atoms with Gasteiger partial charge in [0.05, 0.1) is 17.3 Å². The van der Waals surface area contributed by atoms with E-state index in [9.17, 15) is 4.79 Å². The number of nitrogens with zero attached hydrogens (tertiary/aromatic N) is 1. The molecule has 0 amide bonds. The Morgan fingerprint density at radius 3 is 2.85 bits per heavy atom. The molecule has 0 radical (unpaired) electrons. The Hall–Kier alpha value is -1.59. The van der Waals surface area contributed by atoms with Crippen molar-refractivity contribution in [1.82, 2.24) is 4.98 Å². The highest BCUT2D eigenvalue weighted by Crippen LogP contribution is 2.30. The molecule has 0 spiro atoms. The molecule has 1 heterocycles. The van der Waals surface area contributed by atoms with Gasteiger partial charge in [0, 0.05) is 4.88 Å². The summed E-state index contributed by atoms with van der Waals surface area (Å²) in [5, 5.41) is 4.37. The summed E-state index contributed by atoms with van der Waals surface area (Å²) < 4.78 is 4.96. The average Bonchev–Trinajstić information content (AvgIpc) is 2.74. The molecule has 6 heteroatoms. The number of hydrogen-bond acceptors (Lipinski definition) is 5. The number of carbonyl (C=O) groups is 1. The van der Waals surface area contributed by atoms with Gasteiger partial charge in [-0.05, 0) is 38.5 Å². The second-order valence-corrected chi connectivity index (χ2v) is 5.86. The first-order chi connectivity index (χ1) is 9.51. The Kier molecular flexibility index (Phi) is 4.62. The molecule has 106 valence electrons. The maximum atomic E-state index is 11.7. The molecule has 2 rings (SSSR count). The van der Waals surface area contributed by atoms with E-state index >= 15 is 0 Å². The van der Waals surface area contributed by atoms with Gasteiger partial charge >= 0.3 is 5.97 Å². The van der Waals surface area contributed by atoms with Crippen LogP contribution in [0.3, 0.4) is 0 Å². The number of ether oxygens (including phenoxy) is 1. The number of carbonyl (C=O) groups excluding carboxylic acids is 1. The van der Waals surface area contributed by atoms with E-state index in [0.29, 0.717) is 22.5 Å². The standard InChI is InChI=1S/C14H15ClN2O2S/c1-4-19-13(18)12-9(3)20-14(17-12)16-11-6-5-8(2)7-10(11)15/h5-7H,4H2,1-3H3,(H,16,17). The normalized spacial score (nSPS) is 10.4. The van der Waals surface area contributed by atoms with Gasteiger partial charge in [-0.2, -0.15) is 0 Å². The molecule has 0 saturated heterocycles. The van der Waals surface area contributed by atoms with Gasteiger partial charge in [0.25, 0.3) is 0 Å². The summed E-state index contributed by atoms with van der Waals surface area (Å²) in [6, 6.07) is 5.72. The van der Waals surface area contributed by atoms with Crippen LogP contribution in [0.5, 0.6) is 0 Å². The fourth-order valence-corrected chi connectivity index (χ4v) is 2.77. The summed E-state index contributed by atoms with van der Waals surface area (Å²) in [4.78, 5) is 16.8. The lowest BCUT2D eigenvalue weighted by Gasteiger charge is -2.05. The molecule has 0 aliphatic rings. The largest absolute Gasteiger partial charge is 0.461 e. The molecule has 2 aromatic rings. The van der Waals surface area contributed by atoms with Crippen LogP contribution >= 0.6 is 22.9 Å². The number of anilines is 2. The van der Waals surface area contributed by atoms with Crippen LogP contribution in [0, 0.1) is 13.8 Å². The average molecular weight is 311 g/mol. The molecule has 20 heavy (non-hydrogen) atoms. The lowest BCUT2D eigenvalue weighted by Crippen LogP contribution is -2.06. The summed E-state index contributed by atoms with van der Waals surface area (Å²) in [7, 11) is 0. The molecule has 1 aromatic heterocycles. The van der Waals surface area contributed by atoms with Crippen LogP contribution in [0.2, 0.25) is 5.02 Å². The Morgan fingerprint density at radius 1 is 1.45 bits per heavy atom. The molecule has 0 atom stereocenters. The van der Waals surface area contributed by atoms with Gasteiger partial charge < -0.3 is 10.1 Å². The van der Waals surface area contributed by atoms with E-state index < -0.39 is 5.97 Å². The highest BCUT2D eigenvalue weighted by atomic mass is 35.5. The number of benzene rings is 1. The van der Waals surface area contributed by atoms with Gasteiger partial charge in [-0.1, -0.05) is 17.7 Å². The Morgan fingerprint density at radius 2 is 2.20 bits per heavy atom. The van der Waals surface area contributed by atoms with Crippen LogP contribution in [0.1, 0.15) is 27.9 Å². The third-order valence-electron chi connectivity index (χ3n) is 2.63. The van der Waals surface area contributed by atoms with Crippen molar-refractivity contribution in [2.24, 2.45) is 0 Å². The smallest absolute Gasteiger partial charge is 0.358 e. The van der Waals surface area contributed by atoms with Crippen molar-refractivity contribution in [2.45, 2.75) is 20.8 Å². The Bertz CT molecular complexity index is 640. The fourth-order valence-electron chi connectivity index (χ4n) is 1.68. The first-order valence-electron chi connectivity index (χ1n) is 6.19. The summed E-state index contributed by atoms with van der Waals surface area (Å²) in [6.45, 7) is 5.92. The molecule has 0 aliphatic carbocycles. The predicted molar refractivity (Wildman–Crippen MR) is 82.3 cm³/mol. The molecule has 0 bridgehead atoms. The summed E-state index contributed by atoms with van der Waals surface area (Å²) in [5.74, 6) is -0.399. The van der Waals surface area contributed by atoms with Crippen molar-refractivity contribution in [2.75, 3.05) is 11.9 Å². The zero-order chi connectivity index (χ0) is 14.7. The number of halogens is 1. The van der Waals surface area contributed by atoms with E-state index in [1.807, 2.05) is 32.0 Å². The molecular formula is C14H15ClN2O2S. The number of thiazole rings is 1. The van der Waals surface area contributed by atoms with Crippen molar-refractivity contribution in [1.29, 1.82) is 0 Å². The summed E-state index contributed by atoms with van der Waals surface area (Å²) >= 11 is 7.56. The van der Waals surface area contributed by atoms with Crippen molar-refractivity contribution < 1.29 is 9.53 Å². The maximum absolute atomic E-state index is 11.7. The van der Waals surface area contributed by atoms with Crippen LogP contribution in [-0.2, 0) is 4.74 Å². The van der Waals surface area contributed by atoms with Gasteiger partial charge in [-0.25, -0.2) is 9.78 Å². The van der Waals surface area contributed by atoms with E-state index in [2.05, 4.69) is 10.3 Å². The van der Waals surface area contributed by atoms with E-state index in [4.69, 9.17) is 16.3 Å². The van der Waals surface area contributed by atoms with Gasteiger partial charge in [-0.3, -0.25) is 0 Å². The molecule has 0 fully saturated rings. The van der Waals surface area contributed by atoms with Crippen LogP contribution in [0.15, 0.2) is 18.2 Å². The molecule has 0 aliphatic heterocycles. The van der Waals surface area contributed by atoms with E-state index in [0.717, 1.165) is 16.1 Å². The number of aromatic nitrogens is 1. The van der Waals surface area contributed by atoms with Crippen LogP contribution in [0.25, 0.3) is 0 Å². The number of nitrogens with one attached hydrogen (secondary N) is 1. The highest BCUT2D eigenvalue weighted by molar-refractivity contribution is 7.15. The molecule has 1 N–H and O–H groups in total. The van der Waals surface area contributed by atoms with E-state index in [1.165, 1.54) is 11.3 Å².